The van der Waals surface area contributed by atoms with E-state index in [-0.39, 0.29) is 5.88 Å². The van der Waals surface area contributed by atoms with Gasteiger partial charge in [0.05, 0.1) is 0 Å². The molecule has 0 unspecified atom stereocenters. The van der Waals surface area contributed by atoms with Gasteiger partial charge in [-0.05, 0) is 5.22 Å². The van der Waals surface area contributed by atoms with Gasteiger partial charge in [-0.3, -0.25) is 0 Å². The van der Waals surface area contributed by atoms with Crippen molar-refractivity contribution in [1.82, 2.24) is 4.98 Å². The summed E-state index contributed by atoms with van der Waals surface area (Å²) in [5.41, 5.74) is 0. The lowest BCUT2D eigenvalue weighted by Gasteiger charge is -1.72. The Bertz CT molecular complexity index is 246. The maximum Gasteiger partial charge on any atom is 0.189 e. The van der Waals surface area contributed by atoms with Gasteiger partial charge in [-0.25, -0.2) is 0 Å². The Balaban J connectivity index is 3.59. The van der Waals surface area contributed by atoms with Gasteiger partial charge >= 0.3 is 0 Å². The van der Waals surface area contributed by atoms with Crippen LogP contribution in [0.25, 0.3) is 13.2 Å². The zero-order valence-electron chi connectivity index (χ0n) is 4.44. The summed E-state index contributed by atoms with van der Waals surface area (Å²) in [6.07, 6.45) is 0. The predicted molar refractivity (Wildman–Crippen MR) is 32.8 cm³/mol. The van der Waals surface area contributed by atoms with E-state index in [0.717, 1.165) is 5.22 Å². The second-order valence-electron chi connectivity index (χ2n) is 1.66. The van der Waals surface area contributed by atoms with Crippen LogP contribution in [-0.2, 0) is 0 Å². The van der Waals surface area contributed by atoms with E-state index >= 15 is 0 Å². The minimum atomic E-state index is 0.125. The minimum Gasteiger partial charge on any atom is -0.495 e. The molecule has 0 radical (unpaired) electrons. The van der Waals surface area contributed by atoms with E-state index in [1.807, 2.05) is 0 Å². The summed E-state index contributed by atoms with van der Waals surface area (Å²) in [5.74, 6) is 0.125. The number of hydrogen-bond acceptors (Lipinski definition) is 1. The number of aromatic amines is 1. The summed E-state index contributed by atoms with van der Waals surface area (Å²) >= 11 is 0. The third-order valence-corrected chi connectivity index (χ3v) is 0.978. The van der Waals surface area contributed by atoms with Crippen LogP contribution in [0.1, 0.15) is 0 Å². The Morgan fingerprint density at radius 1 is 1.50 bits per heavy atom. The van der Waals surface area contributed by atoms with Gasteiger partial charge < -0.3 is 10.1 Å². The van der Waals surface area contributed by atoms with E-state index in [4.69, 9.17) is 5.11 Å². The molecule has 2 nitrogen and oxygen atoms in total. The van der Waals surface area contributed by atoms with Gasteiger partial charge in [-0.2, -0.15) is 0 Å². The summed E-state index contributed by atoms with van der Waals surface area (Å²) in [6.45, 7) is 7.15. The number of H-pyrrole nitrogens is 1. The molecule has 0 aromatic carbocycles. The lowest BCUT2D eigenvalue weighted by atomic mass is 10.5. The fraction of sp³-hybridized carbons (Fsp3) is 0. The SMILES string of the molecule is C=c1cc(O)[nH]c1=C. The number of aromatic nitrogens is 1. The molecule has 42 valence electrons. The molecule has 1 rings (SSSR count). The summed E-state index contributed by atoms with van der Waals surface area (Å²) in [4.78, 5) is 2.59. The number of aromatic hydroxyl groups is 1. The maximum absolute atomic E-state index is 8.70. The highest BCUT2D eigenvalue weighted by Crippen LogP contribution is 1.89. The molecule has 2 N–H and O–H groups in total. The second-order valence-corrected chi connectivity index (χ2v) is 1.66. The Morgan fingerprint density at radius 3 is 2.25 bits per heavy atom. The first-order valence-corrected chi connectivity index (χ1v) is 2.26. The molecule has 0 saturated heterocycles. The van der Waals surface area contributed by atoms with Gasteiger partial charge in [0.25, 0.3) is 0 Å². The van der Waals surface area contributed by atoms with Gasteiger partial charge in [-0.15, -0.1) is 0 Å². The molecule has 0 saturated carbocycles. The first-order valence-electron chi connectivity index (χ1n) is 2.26. The molecule has 8 heavy (non-hydrogen) atoms. The van der Waals surface area contributed by atoms with E-state index < -0.39 is 0 Å². The van der Waals surface area contributed by atoms with Crippen molar-refractivity contribution in [3.63, 3.8) is 0 Å². The van der Waals surface area contributed by atoms with Gasteiger partial charge in [0.15, 0.2) is 5.88 Å². The first kappa shape index (κ1) is 4.97. The van der Waals surface area contributed by atoms with Crippen LogP contribution in [0.15, 0.2) is 6.07 Å². The fourth-order valence-electron chi connectivity index (χ4n) is 0.523. The van der Waals surface area contributed by atoms with E-state index in [1.54, 1.807) is 0 Å². The van der Waals surface area contributed by atoms with Gasteiger partial charge in [0.2, 0.25) is 0 Å². The van der Waals surface area contributed by atoms with Crippen molar-refractivity contribution in [2.24, 2.45) is 0 Å². The van der Waals surface area contributed by atoms with Crippen LogP contribution in [0.3, 0.4) is 0 Å². The molecule has 1 aromatic heterocycles. The highest BCUT2D eigenvalue weighted by Gasteiger charge is 1.84. The maximum atomic E-state index is 8.70. The second kappa shape index (κ2) is 1.40. The molecule has 0 atom stereocenters. The average Bonchev–Trinajstić information content (AvgIpc) is 1.85. The molecule has 0 aliphatic rings. The van der Waals surface area contributed by atoms with Crippen molar-refractivity contribution in [2.75, 3.05) is 0 Å². The van der Waals surface area contributed by atoms with Crippen LogP contribution in [0.2, 0.25) is 0 Å². The molecule has 0 amide bonds. The lowest BCUT2D eigenvalue weighted by molar-refractivity contribution is 0.456. The largest absolute Gasteiger partial charge is 0.495 e. The highest BCUT2D eigenvalue weighted by molar-refractivity contribution is 5.18. The van der Waals surface area contributed by atoms with Crippen LogP contribution < -0.4 is 10.6 Å². The van der Waals surface area contributed by atoms with E-state index in [2.05, 4.69) is 18.1 Å². The molecule has 2 heteroatoms. The van der Waals surface area contributed by atoms with Crippen LogP contribution in [0.4, 0.5) is 0 Å². The van der Waals surface area contributed by atoms with E-state index in [1.165, 1.54) is 6.07 Å². The molecule has 1 heterocycles. The summed E-state index contributed by atoms with van der Waals surface area (Å²) in [5, 5.41) is 10.1. The Morgan fingerprint density at radius 2 is 2.12 bits per heavy atom. The van der Waals surface area contributed by atoms with Crippen LogP contribution in [0, 0.1) is 0 Å². The normalized spacial score (nSPS) is 9.50. The van der Waals surface area contributed by atoms with Crippen LogP contribution in [0.5, 0.6) is 5.88 Å². The molecule has 0 aliphatic carbocycles. The van der Waals surface area contributed by atoms with Gasteiger partial charge in [-0.1, -0.05) is 13.2 Å². The number of rotatable bonds is 0. The Hall–Kier alpha value is -1.18. The molecule has 0 fully saturated rings. The molecular formula is C6H7NO. The third-order valence-electron chi connectivity index (χ3n) is 0.978. The fourth-order valence-corrected chi connectivity index (χ4v) is 0.523. The smallest absolute Gasteiger partial charge is 0.189 e. The van der Waals surface area contributed by atoms with Crippen molar-refractivity contribution < 1.29 is 5.11 Å². The van der Waals surface area contributed by atoms with Gasteiger partial charge in [0, 0.05) is 11.4 Å². The zero-order valence-corrected chi connectivity index (χ0v) is 4.44. The Labute approximate surface area is 46.8 Å². The van der Waals surface area contributed by atoms with Gasteiger partial charge in [0.1, 0.15) is 0 Å². The quantitative estimate of drug-likeness (QED) is 0.464. The molecule has 0 bridgehead atoms. The molecular weight excluding hydrogens is 102 g/mol. The van der Waals surface area contributed by atoms with Crippen molar-refractivity contribution in [3.8, 4) is 5.88 Å². The van der Waals surface area contributed by atoms with E-state index in [9.17, 15) is 0 Å². The van der Waals surface area contributed by atoms with Crippen molar-refractivity contribution in [3.05, 3.63) is 16.6 Å². The Kier molecular flexibility index (Phi) is 0.870. The molecule has 0 spiro atoms. The molecule has 1 aromatic rings. The minimum absolute atomic E-state index is 0.125. The van der Waals surface area contributed by atoms with Crippen molar-refractivity contribution in [1.29, 1.82) is 0 Å². The number of hydrogen-bond donors (Lipinski definition) is 2. The summed E-state index contributed by atoms with van der Waals surface area (Å²) < 4.78 is 0. The standard InChI is InChI=1S/C6H7NO/c1-4-3-6(8)7-5(4)2/h3,7-8H,1-2H2. The highest BCUT2D eigenvalue weighted by atomic mass is 16.3. The predicted octanol–water partition coefficient (Wildman–Crippen LogP) is -0.459. The average molecular weight is 109 g/mol. The van der Waals surface area contributed by atoms with Crippen molar-refractivity contribution in [2.45, 2.75) is 0 Å². The van der Waals surface area contributed by atoms with Crippen molar-refractivity contribution >= 4 is 13.2 Å². The lowest BCUT2D eigenvalue weighted by Crippen LogP contribution is -2.17. The third kappa shape index (κ3) is 0.601. The topological polar surface area (TPSA) is 36.0 Å². The molecule has 0 aliphatic heterocycles. The first-order chi connectivity index (χ1) is 3.70. The number of nitrogens with one attached hydrogen (secondary N) is 1. The summed E-state index contributed by atoms with van der Waals surface area (Å²) in [6, 6.07) is 1.53. The van der Waals surface area contributed by atoms with Crippen LogP contribution >= 0.6 is 0 Å². The summed E-state index contributed by atoms with van der Waals surface area (Å²) in [7, 11) is 0. The zero-order chi connectivity index (χ0) is 6.15. The van der Waals surface area contributed by atoms with E-state index in [0.29, 0.717) is 5.35 Å². The van der Waals surface area contributed by atoms with Crippen LogP contribution in [-0.4, -0.2) is 10.1 Å². The monoisotopic (exact) mass is 109 g/mol.